The van der Waals surface area contributed by atoms with Gasteiger partial charge in [-0.25, -0.2) is 0 Å². The molecule has 0 saturated carbocycles. The van der Waals surface area contributed by atoms with Crippen molar-refractivity contribution in [3.05, 3.63) is 59.2 Å². The molecule has 0 spiro atoms. The highest BCUT2D eigenvalue weighted by Crippen LogP contribution is 2.34. The molecule has 3 rings (SSSR count). The Morgan fingerprint density at radius 2 is 1.19 bits per heavy atom. The molecule has 0 bridgehead atoms. The van der Waals surface area contributed by atoms with Crippen molar-refractivity contribution in [1.29, 1.82) is 0 Å². The van der Waals surface area contributed by atoms with E-state index in [0.29, 0.717) is 13.2 Å². The molecular weight excluding hydrogens is 332 g/mol. The van der Waals surface area contributed by atoms with Crippen LogP contribution >= 0.6 is 0 Å². The van der Waals surface area contributed by atoms with Crippen LogP contribution in [0.3, 0.4) is 0 Å². The van der Waals surface area contributed by atoms with Crippen LogP contribution in [0.15, 0.2) is 42.5 Å². The van der Waals surface area contributed by atoms with Crippen LogP contribution in [0.25, 0.3) is 21.5 Å². The highest BCUT2D eigenvalue weighted by atomic mass is 16.5. The molecule has 0 atom stereocenters. The fourth-order valence-corrected chi connectivity index (χ4v) is 3.62. The highest BCUT2D eigenvalue weighted by molar-refractivity contribution is 6.05. The van der Waals surface area contributed by atoms with Crippen LogP contribution in [0.1, 0.15) is 56.2 Å². The summed E-state index contributed by atoms with van der Waals surface area (Å²) < 4.78 is 12.1. The molecule has 0 aromatic heterocycles. The van der Waals surface area contributed by atoms with Crippen molar-refractivity contribution < 1.29 is 9.47 Å². The summed E-state index contributed by atoms with van der Waals surface area (Å²) >= 11 is 0. The monoisotopic (exact) mass is 364 g/mol. The Bertz CT molecular complexity index is 882. The maximum Gasteiger partial charge on any atom is 0.0728 e. The summed E-state index contributed by atoms with van der Waals surface area (Å²) in [5, 5.41) is 5.19. The van der Waals surface area contributed by atoms with E-state index in [1.54, 1.807) is 0 Å². The molecule has 0 amide bonds. The predicted octanol–water partition coefficient (Wildman–Crippen LogP) is 6.93. The minimum absolute atomic E-state index is 0.664. The molecule has 0 heterocycles. The highest BCUT2D eigenvalue weighted by Gasteiger charge is 2.14. The first-order chi connectivity index (χ1) is 13.3. The summed E-state index contributed by atoms with van der Waals surface area (Å²) in [4.78, 5) is 0. The van der Waals surface area contributed by atoms with Crippen LogP contribution in [-0.2, 0) is 22.7 Å². The van der Waals surface area contributed by atoms with E-state index in [2.05, 4.69) is 63.2 Å². The molecular formula is C25H32O2. The zero-order chi connectivity index (χ0) is 19.1. The number of rotatable bonds is 10. The number of hydrogen-bond acceptors (Lipinski definition) is 2. The Hall–Kier alpha value is -1.90. The summed E-state index contributed by atoms with van der Waals surface area (Å²) in [6.07, 6.45) is 4.54. The topological polar surface area (TPSA) is 18.5 Å². The molecule has 0 unspecified atom stereocenters. The van der Waals surface area contributed by atoms with Crippen molar-refractivity contribution in [1.82, 2.24) is 0 Å². The smallest absolute Gasteiger partial charge is 0.0728 e. The SMILES string of the molecule is CCCCOCc1c2ccccc2c(COCCCC)c2cc(C)ccc12. The molecule has 0 N–H and O–H groups in total. The Balaban J connectivity index is 2.08. The molecule has 0 aliphatic heterocycles. The number of fused-ring (bicyclic) bond motifs is 2. The molecule has 2 nitrogen and oxygen atoms in total. The summed E-state index contributed by atoms with van der Waals surface area (Å²) in [6, 6.07) is 15.5. The van der Waals surface area contributed by atoms with E-state index < -0.39 is 0 Å². The van der Waals surface area contributed by atoms with Gasteiger partial charge in [-0.1, -0.05) is 74.7 Å². The standard InChI is InChI=1S/C25H32O2/c1-4-6-14-26-17-24-20-10-8-9-11-21(20)25(18-27-15-7-5-2)23-16-19(3)12-13-22(23)24/h8-13,16H,4-7,14-15,17-18H2,1-3H3. The quantitative estimate of drug-likeness (QED) is 0.287. The minimum Gasteiger partial charge on any atom is -0.377 e. The number of hydrogen-bond donors (Lipinski definition) is 0. The van der Waals surface area contributed by atoms with Gasteiger partial charge in [0.05, 0.1) is 13.2 Å². The third-order valence-electron chi connectivity index (χ3n) is 5.18. The molecule has 3 aromatic carbocycles. The normalized spacial score (nSPS) is 11.5. The first kappa shape index (κ1) is 19.9. The summed E-state index contributed by atoms with van der Waals surface area (Å²) in [5.74, 6) is 0. The zero-order valence-corrected chi connectivity index (χ0v) is 17.0. The average Bonchev–Trinajstić information content (AvgIpc) is 2.69. The Labute approximate surface area is 163 Å². The van der Waals surface area contributed by atoms with Gasteiger partial charge in [0.1, 0.15) is 0 Å². The predicted molar refractivity (Wildman–Crippen MR) is 115 cm³/mol. The van der Waals surface area contributed by atoms with E-state index in [9.17, 15) is 0 Å². The van der Waals surface area contributed by atoms with Gasteiger partial charge in [-0.2, -0.15) is 0 Å². The lowest BCUT2D eigenvalue weighted by atomic mass is 9.91. The van der Waals surface area contributed by atoms with Crippen molar-refractivity contribution in [2.24, 2.45) is 0 Å². The number of benzene rings is 3. The lowest BCUT2D eigenvalue weighted by Gasteiger charge is -2.18. The second-order valence-electron chi connectivity index (χ2n) is 7.36. The van der Waals surface area contributed by atoms with Crippen molar-refractivity contribution in [3.8, 4) is 0 Å². The molecule has 27 heavy (non-hydrogen) atoms. The van der Waals surface area contributed by atoms with E-state index in [-0.39, 0.29) is 0 Å². The van der Waals surface area contributed by atoms with Gasteiger partial charge in [-0.3, -0.25) is 0 Å². The van der Waals surface area contributed by atoms with Crippen molar-refractivity contribution >= 4 is 21.5 Å². The zero-order valence-electron chi connectivity index (χ0n) is 17.0. The summed E-state index contributed by atoms with van der Waals surface area (Å²) in [5.41, 5.74) is 3.89. The minimum atomic E-state index is 0.664. The Kier molecular flexibility index (Phi) is 7.25. The van der Waals surface area contributed by atoms with Gasteiger partial charge in [0.25, 0.3) is 0 Å². The summed E-state index contributed by atoms with van der Waals surface area (Å²) in [6.45, 7) is 9.53. The second-order valence-corrected chi connectivity index (χ2v) is 7.36. The third-order valence-corrected chi connectivity index (χ3v) is 5.18. The van der Waals surface area contributed by atoms with Crippen LogP contribution in [0.4, 0.5) is 0 Å². The van der Waals surface area contributed by atoms with Gasteiger partial charge >= 0.3 is 0 Å². The molecule has 2 heteroatoms. The first-order valence-corrected chi connectivity index (χ1v) is 10.3. The fraction of sp³-hybridized carbons (Fsp3) is 0.440. The molecule has 0 fully saturated rings. The van der Waals surface area contributed by atoms with Crippen LogP contribution < -0.4 is 0 Å². The van der Waals surface area contributed by atoms with E-state index in [0.717, 1.165) is 38.9 Å². The maximum atomic E-state index is 6.04. The molecule has 3 aromatic rings. The fourth-order valence-electron chi connectivity index (χ4n) is 3.62. The van der Waals surface area contributed by atoms with E-state index in [1.165, 1.54) is 38.2 Å². The van der Waals surface area contributed by atoms with E-state index in [4.69, 9.17) is 9.47 Å². The summed E-state index contributed by atoms with van der Waals surface area (Å²) in [7, 11) is 0. The van der Waals surface area contributed by atoms with E-state index in [1.807, 2.05) is 0 Å². The van der Waals surface area contributed by atoms with Crippen LogP contribution in [-0.4, -0.2) is 13.2 Å². The van der Waals surface area contributed by atoms with Crippen LogP contribution in [0.2, 0.25) is 0 Å². The molecule has 144 valence electrons. The van der Waals surface area contributed by atoms with E-state index >= 15 is 0 Å². The number of unbranched alkanes of at least 4 members (excludes halogenated alkanes) is 2. The third kappa shape index (κ3) is 4.69. The van der Waals surface area contributed by atoms with Gasteiger partial charge in [-0.05, 0) is 52.4 Å². The molecule has 0 aliphatic carbocycles. The van der Waals surface area contributed by atoms with Crippen molar-refractivity contribution in [2.45, 2.75) is 59.7 Å². The van der Waals surface area contributed by atoms with Crippen LogP contribution in [0, 0.1) is 6.92 Å². The van der Waals surface area contributed by atoms with Gasteiger partial charge in [-0.15, -0.1) is 0 Å². The van der Waals surface area contributed by atoms with Gasteiger partial charge in [0.2, 0.25) is 0 Å². The average molecular weight is 365 g/mol. The Morgan fingerprint density at radius 1 is 0.667 bits per heavy atom. The van der Waals surface area contributed by atoms with Gasteiger partial charge in [0, 0.05) is 13.2 Å². The van der Waals surface area contributed by atoms with Crippen LogP contribution in [0.5, 0.6) is 0 Å². The molecule has 0 aliphatic rings. The Morgan fingerprint density at radius 3 is 1.74 bits per heavy atom. The second kappa shape index (κ2) is 9.87. The number of aryl methyl sites for hydroxylation is 1. The first-order valence-electron chi connectivity index (χ1n) is 10.3. The van der Waals surface area contributed by atoms with Gasteiger partial charge < -0.3 is 9.47 Å². The molecule has 0 saturated heterocycles. The largest absolute Gasteiger partial charge is 0.377 e. The lowest BCUT2D eigenvalue weighted by molar-refractivity contribution is 0.118. The maximum absolute atomic E-state index is 6.04. The van der Waals surface area contributed by atoms with Crippen molar-refractivity contribution in [2.75, 3.05) is 13.2 Å². The number of ether oxygens (including phenoxy) is 2. The molecule has 0 radical (unpaired) electrons. The lowest BCUT2D eigenvalue weighted by Crippen LogP contribution is -2.02. The van der Waals surface area contributed by atoms with Gasteiger partial charge in [0.15, 0.2) is 0 Å². The van der Waals surface area contributed by atoms with Crippen molar-refractivity contribution in [3.63, 3.8) is 0 Å².